The Morgan fingerprint density at radius 1 is 1.38 bits per heavy atom. The fourth-order valence-corrected chi connectivity index (χ4v) is 2.89. The van der Waals surface area contributed by atoms with Crippen LogP contribution in [0.3, 0.4) is 0 Å². The molecule has 1 aliphatic carbocycles. The second kappa shape index (κ2) is 7.98. The van der Waals surface area contributed by atoms with E-state index < -0.39 is 0 Å². The summed E-state index contributed by atoms with van der Waals surface area (Å²) in [4.78, 5) is 18.1. The van der Waals surface area contributed by atoms with Crippen LogP contribution in [0.15, 0.2) is 18.5 Å². The van der Waals surface area contributed by atoms with Crippen LogP contribution >= 0.6 is 0 Å². The van der Waals surface area contributed by atoms with Gasteiger partial charge in [-0.2, -0.15) is 0 Å². The number of nitrogens with one attached hydrogen (secondary N) is 1. The molecular weight excluding hydrogens is 266 g/mol. The van der Waals surface area contributed by atoms with Gasteiger partial charge in [0.2, 0.25) is 0 Å². The van der Waals surface area contributed by atoms with Crippen molar-refractivity contribution < 1.29 is 9.90 Å². The number of hydrogen-bond acceptors (Lipinski definition) is 4. The molecule has 1 amide bonds. The number of carbonyl (C=O) groups is 1. The van der Waals surface area contributed by atoms with Crippen molar-refractivity contribution in [3.8, 4) is 5.75 Å². The number of aromatic hydroxyl groups is 1. The van der Waals surface area contributed by atoms with Crippen molar-refractivity contribution in [3.05, 3.63) is 24.0 Å². The number of hydrogen-bond donors (Lipinski definition) is 2. The normalized spacial score (nSPS) is 16.1. The average Bonchev–Trinajstić information content (AvgIpc) is 2.52. The molecule has 5 nitrogen and oxygen atoms in total. The summed E-state index contributed by atoms with van der Waals surface area (Å²) < 4.78 is 0. The minimum Gasteiger partial charge on any atom is -0.506 e. The number of pyridine rings is 1. The van der Waals surface area contributed by atoms with Gasteiger partial charge in [0, 0.05) is 18.8 Å². The number of amides is 1. The van der Waals surface area contributed by atoms with Gasteiger partial charge in [0.1, 0.15) is 5.75 Å². The molecule has 1 aliphatic rings. The van der Waals surface area contributed by atoms with E-state index in [1.54, 1.807) is 0 Å². The molecule has 5 heteroatoms. The number of aromatic nitrogens is 1. The largest absolute Gasteiger partial charge is 0.506 e. The van der Waals surface area contributed by atoms with E-state index in [-0.39, 0.29) is 11.7 Å². The lowest BCUT2D eigenvalue weighted by Crippen LogP contribution is -2.35. The standard InChI is InChI=1S/C16H25N3O2/c1-19(14-6-3-2-4-7-14)9-5-8-18-16(21)13-10-15(20)12-17-11-13/h10-12,14,20H,2-9H2,1H3,(H,18,21). The molecule has 0 aromatic carbocycles. The van der Waals surface area contributed by atoms with E-state index in [2.05, 4.69) is 22.2 Å². The van der Waals surface area contributed by atoms with Crippen LogP contribution in [-0.2, 0) is 0 Å². The summed E-state index contributed by atoms with van der Waals surface area (Å²) in [5, 5.41) is 12.2. The third kappa shape index (κ3) is 5.01. The molecule has 1 aromatic heterocycles. The van der Waals surface area contributed by atoms with Gasteiger partial charge in [0.05, 0.1) is 11.8 Å². The van der Waals surface area contributed by atoms with Gasteiger partial charge < -0.3 is 15.3 Å². The van der Waals surface area contributed by atoms with Crippen LogP contribution in [0.4, 0.5) is 0 Å². The Morgan fingerprint density at radius 2 is 2.14 bits per heavy atom. The van der Waals surface area contributed by atoms with E-state index in [0.717, 1.165) is 13.0 Å². The first kappa shape index (κ1) is 15.8. The molecular formula is C16H25N3O2. The van der Waals surface area contributed by atoms with Crippen LogP contribution in [0.25, 0.3) is 0 Å². The molecule has 2 rings (SSSR count). The van der Waals surface area contributed by atoms with Crippen LogP contribution in [0.2, 0.25) is 0 Å². The first-order valence-electron chi connectivity index (χ1n) is 7.79. The minimum atomic E-state index is -0.182. The second-order valence-corrected chi connectivity index (χ2v) is 5.81. The van der Waals surface area contributed by atoms with E-state index in [9.17, 15) is 9.90 Å². The van der Waals surface area contributed by atoms with Gasteiger partial charge in [-0.3, -0.25) is 9.78 Å². The maximum Gasteiger partial charge on any atom is 0.252 e. The number of carbonyl (C=O) groups excluding carboxylic acids is 1. The highest BCUT2D eigenvalue weighted by Gasteiger charge is 2.17. The SMILES string of the molecule is CN(CCCNC(=O)c1cncc(O)c1)C1CCCCC1. The van der Waals surface area contributed by atoms with Crippen LogP contribution in [0.1, 0.15) is 48.9 Å². The molecule has 0 saturated heterocycles. The zero-order valence-corrected chi connectivity index (χ0v) is 12.7. The summed E-state index contributed by atoms with van der Waals surface area (Å²) in [6, 6.07) is 2.14. The first-order chi connectivity index (χ1) is 10.2. The fourth-order valence-electron chi connectivity index (χ4n) is 2.89. The van der Waals surface area contributed by atoms with Crippen LogP contribution in [-0.4, -0.2) is 47.1 Å². The van der Waals surface area contributed by atoms with Crippen molar-refractivity contribution >= 4 is 5.91 Å². The van der Waals surface area contributed by atoms with Crippen molar-refractivity contribution in [2.75, 3.05) is 20.1 Å². The zero-order valence-electron chi connectivity index (χ0n) is 12.7. The van der Waals surface area contributed by atoms with Crippen molar-refractivity contribution in [1.82, 2.24) is 15.2 Å². The van der Waals surface area contributed by atoms with Gasteiger partial charge >= 0.3 is 0 Å². The fraction of sp³-hybridized carbons (Fsp3) is 0.625. The maximum atomic E-state index is 11.9. The highest BCUT2D eigenvalue weighted by Crippen LogP contribution is 2.21. The van der Waals surface area contributed by atoms with E-state index >= 15 is 0 Å². The Morgan fingerprint density at radius 3 is 2.86 bits per heavy atom. The van der Waals surface area contributed by atoms with Crippen molar-refractivity contribution in [1.29, 1.82) is 0 Å². The monoisotopic (exact) mass is 291 g/mol. The van der Waals surface area contributed by atoms with Gasteiger partial charge in [0.15, 0.2) is 0 Å². The van der Waals surface area contributed by atoms with Crippen LogP contribution < -0.4 is 5.32 Å². The third-order valence-corrected chi connectivity index (χ3v) is 4.16. The highest BCUT2D eigenvalue weighted by atomic mass is 16.3. The van der Waals surface area contributed by atoms with Gasteiger partial charge in [0.25, 0.3) is 5.91 Å². The predicted octanol–water partition coefficient (Wildman–Crippen LogP) is 2.17. The molecule has 0 atom stereocenters. The third-order valence-electron chi connectivity index (χ3n) is 4.16. The summed E-state index contributed by atoms with van der Waals surface area (Å²) in [6.07, 6.45) is 10.4. The molecule has 0 bridgehead atoms. The molecule has 1 aromatic rings. The highest BCUT2D eigenvalue weighted by molar-refractivity contribution is 5.94. The van der Waals surface area contributed by atoms with Gasteiger partial charge in [-0.1, -0.05) is 19.3 Å². The van der Waals surface area contributed by atoms with E-state index in [1.165, 1.54) is 50.6 Å². The summed E-state index contributed by atoms with van der Waals surface area (Å²) in [5.41, 5.74) is 0.399. The number of rotatable bonds is 6. The zero-order chi connectivity index (χ0) is 15.1. The van der Waals surface area contributed by atoms with Gasteiger partial charge in [-0.05, 0) is 38.9 Å². The molecule has 0 radical (unpaired) electrons. The topological polar surface area (TPSA) is 65.5 Å². The van der Waals surface area contributed by atoms with Crippen LogP contribution in [0.5, 0.6) is 5.75 Å². The minimum absolute atomic E-state index is 0.0136. The van der Waals surface area contributed by atoms with Gasteiger partial charge in [-0.25, -0.2) is 0 Å². The molecule has 2 N–H and O–H groups in total. The van der Waals surface area contributed by atoms with Crippen molar-refractivity contribution in [2.45, 2.75) is 44.6 Å². The molecule has 0 unspecified atom stereocenters. The summed E-state index contributed by atoms with van der Waals surface area (Å²) >= 11 is 0. The maximum absolute atomic E-state index is 11.9. The second-order valence-electron chi connectivity index (χ2n) is 5.81. The first-order valence-corrected chi connectivity index (χ1v) is 7.79. The lowest BCUT2D eigenvalue weighted by atomic mass is 9.94. The Labute approximate surface area is 126 Å². The van der Waals surface area contributed by atoms with E-state index in [1.807, 2.05) is 0 Å². The van der Waals surface area contributed by atoms with Crippen molar-refractivity contribution in [3.63, 3.8) is 0 Å². The molecule has 116 valence electrons. The molecule has 1 fully saturated rings. The summed E-state index contributed by atoms with van der Waals surface area (Å²) in [6.45, 7) is 1.65. The van der Waals surface area contributed by atoms with Gasteiger partial charge in [-0.15, -0.1) is 0 Å². The van der Waals surface area contributed by atoms with Crippen molar-refractivity contribution in [2.24, 2.45) is 0 Å². The predicted molar refractivity (Wildman–Crippen MR) is 82.4 cm³/mol. The summed E-state index contributed by atoms with van der Waals surface area (Å²) in [7, 11) is 2.18. The lowest BCUT2D eigenvalue weighted by molar-refractivity contribution is 0.0949. The molecule has 21 heavy (non-hydrogen) atoms. The molecule has 0 aliphatic heterocycles. The Kier molecular flexibility index (Phi) is 5.99. The smallest absolute Gasteiger partial charge is 0.252 e. The molecule has 0 spiro atoms. The van der Waals surface area contributed by atoms with E-state index in [0.29, 0.717) is 18.2 Å². The molecule has 1 heterocycles. The number of nitrogens with zero attached hydrogens (tertiary/aromatic N) is 2. The summed E-state index contributed by atoms with van der Waals surface area (Å²) in [5.74, 6) is -0.168. The van der Waals surface area contributed by atoms with Crippen LogP contribution in [0, 0.1) is 0 Å². The quantitative estimate of drug-likeness (QED) is 0.788. The Bertz CT molecular complexity index is 459. The Balaban J connectivity index is 1.66. The van der Waals surface area contributed by atoms with E-state index in [4.69, 9.17) is 0 Å². The molecule has 1 saturated carbocycles. The lowest BCUT2D eigenvalue weighted by Gasteiger charge is -2.31. The Hall–Kier alpha value is -1.62. The average molecular weight is 291 g/mol.